The van der Waals surface area contributed by atoms with Crippen LogP contribution in [0.1, 0.15) is 31.8 Å². The number of carbonyl (C=O) groups is 6. The summed E-state index contributed by atoms with van der Waals surface area (Å²) in [6.45, 7) is 0. The minimum atomic E-state index is -1.27. The fourth-order valence-electron chi connectivity index (χ4n) is 8.93. The minimum absolute atomic E-state index is 0.103. The van der Waals surface area contributed by atoms with Crippen molar-refractivity contribution >= 4 is 104 Å². The van der Waals surface area contributed by atoms with Crippen LogP contribution >= 0.6 is 46.4 Å². The molecule has 4 amide bonds. The second kappa shape index (κ2) is 16.9. The maximum Gasteiger partial charge on any atom is 0.266 e. The number of ketones is 2. The number of fused-ring (bicyclic) bond motifs is 2. The number of Topliss-reactive ketones (excluding diaryl/α,β-unsaturated/α-hetero) is 2. The molecule has 0 radical (unpaired) electrons. The lowest BCUT2D eigenvalue weighted by Gasteiger charge is -2.28. The molecule has 4 saturated heterocycles. The third-order valence-electron chi connectivity index (χ3n) is 12.0. The van der Waals surface area contributed by atoms with Crippen LogP contribution in [0.4, 0.5) is 22.7 Å². The first-order chi connectivity index (χ1) is 31.4. The van der Waals surface area contributed by atoms with Crippen LogP contribution in [0.2, 0.25) is 20.1 Å². The molecule has 324 valence electrons. The van der Waals surface area contributed by atoms with Gasteiger partial charge in [0.05, 0.1) is 32.8 Å². The molecule has 16 heteroatoms. The Morgan fingerprint density at radius 3 is 1.17 bits per heavy atom. The van der Waals surface area contributed by atoms with Crippen LogP contribution in [-0.2, 0) is 35.3 Å². The number of rotatable bonds is 10. The number of nitrogens with zero attached hydrogens (tertiary/aromatic N) is 4. The Morgan fingerprint density at radius 1 is 0.446 bits per heavy atom. The second-order valence-electron chi connectivity index (χ2n) is 15.8. The molecule has 4 aliphatic rings. The molecule has 0 spiro atoms. The van der Waals surface area contributed by atoms with Crippen molar-refractivity contribution in [1.82, 2.24) is 0 Å². The predicted molar refractivity (Wildman–Crippen MR) is 244 cm³/mol. The molecule has 2 unspecified atom stereocenters. The fraction of sp³-hybridized carbons (Fsp3) is 0.143. The molecular weight excluding hydrogens is 914 g/mol. The lowest BCUT2D eigenvalue weighted by molar-refractivity contribution is -0.127. The van der Waals surface area contributed by atoms with Gasteiger partial charge in [-0.25, -0.2) is 19.9 Å². The van der Waals surface area contributed by atoms with E-state index in [1.54, 1.807) is 109 Å². The van der Waals surface area contributed by atoms with Gasteiger partial charge in [-0.15, -0.1) is 0 Å². The van der Waals surface area contributed by atoms with Crippen molar-refractivity contribution in [3.63, 3.8) is 0 Å². The van der Waals surface area contributed by atoms with Crippen LogP contribution < -0.4 is 19.9 Å². The fourth-order valence-corrected chi connectivity index (χ4v) is 9.93. The zero-order valence-electron chi connectivity index (χ0n) is 33.6. The number of para-hydroxylation sites is 2. The van der Waals surface area contributed by atoms with Crippen LogP contribution in [-0.4, -0.2) is 59.5 Å². The molecule has 4 fully saturated rings. The highest BCUT2D eigenvalue weighted by molar-refractivity contribution is 6.38. The Hall–Kier alpha value is -6.38. The van der Waals surface area contributed by atoms with Gasteiger partial charge in [-0.3, -0.25) is 38.4 Å². The van der Waals surface area contributed by atoms with Gasteiger partial charge in [-0.2, -0.15) is 0 Å². The molecule has 6 aromatic rings. The normalized spacial score (nSPS) is 22.5. The number of imide groups is 2. The molecule has 0 aliphatic carbocycles. The quantitative estimate of drug-likeness (QED) is 0.0968. The third kappa shape index (κ3) is 7.36. The van der Waals surface area contributed by atoms with Crippen molar-refractivity contribution < 1.29 is 38.4 Å². The zero-order chi connectivity index (χ0) is 45.3. The van der Waals surface area contributed by atoms with Gasteiger partial charge in [0.1, 0.15) is 23.9 Å². The molecule has 0 saturated carbocycles. The SMILES string of the molecule is O=C(c1ccc(Cl)cc1Cl)C1[C@H]2C(=O)N(c3ccc(Cc4ccc(N5C(=O)[C@@H]6ON(c7ccccc7)C(C(=O)c7ccc(Cl)cc7Cl)[C@@H]6C5=O)cc4)cc3)C(=O)[C@H]2ON1c1ccccc1. The van der Waals surface area contributed by atoms with Gasteiger partial charge in [-0.05, 0) is 102 Å². The molecule has 65 heavy (non-hydrogen) atoms. The van der Waals surface area contributed by atoms with E-state index in [-0.39, 0.29) is 21.2 Å². The van der Waals surface area contributed by atoms with E-state index in [9.17, 15) is 28.8 Å². The van der Waals surface area contributed by atoms with E-state index in [1.165, 1.54) is 46.5 Å². The van der Waals surface area contributed by atoms with Crippen molar-refractivity contribution in [2.24, 2.45) is 11.8 Å². The van der Waals surface area contributed by atoms with E-state index in [1.807, 2.05) is 0 Å². The van der Waals surface area contributed by atoms with Gasteiger partial charge in [0.2, 0.25) is 11.8 Å². The van der Waals surface area contributed by atoms with E-state index in [2.05, 4.69) is 0 Å². The number of halogens is 4. The van der Waals surface area contributed by atoms with Crippen LogP contribution in [0, 0.1) is 11.8 Å². The van der Waals surface area contributed by atoms with E-state index >= 15 is 0 Å². The first kappa shape index (κ1) is 42.6. The average Bonchev–Trinajstić information content (AvgIpc) is 4.03. The molecule has 4 aliphatic heterocycles. The number of hydrogen-bond acceptors (Lipinski definition) is 10. The van der Waals surface area contributed by atoms with Gasteiger partial charge in [0.15, 0.2) is 23.8 Å². The van der Waals surface area contributed by atoms with Crippen molar-refractivity contribution in [3.05, 3.63) is 188 Å². The predicted octanol–water partition coefficient (Wildman–Crippen LogP) is 9.01. The van der Waals surface area contributed by atoms with Crippen molar-refractivity contribution in [3.8, 4) is 0 Å². The Bertz CT molecular complexity index is 2740. The van der Waals surface area contributed by atoms with E-state index < -0.39 is 71.3 Å². The Balaban J connectivity index is 0.856. The average molecular weight is 947 g/mol. The van der Waals surface area contributed by atoms with Gasteiger partial charge in [0.25, 0.3) is 11.8 Å². The Labute approximate surface area is 391 Å². The molecule has 0 bridgehead atoms. The first-order valence-electron chi connectivity index (χ1n) is 20.3. The van der Waals surface area contributed by atoms with Crippen LogP contribution in [0.15, 0.2) is 146 Å². The smallest absolute Gasteiger partial charge is 0.266 e. The van der Waals surface area contributed by atoms with E-state index in [0.717, 1.165) is 20.9 Å². The molecule has 10 rings (SSSR count). The summed E-state index contributed by atoms with van der Waals surface area (Å²) in [4.78, 5) is 99.0. The van der Waals surface area contributed by atoms with E-state index in [4.69, 9.17) is 56.1 Å². The van der Waals surface area contributed by atoms with Gasteiger partial charge in [0, 0.05) is 21.2 Å². The van der Waals surface area contributed by atoms with Crippen LogP contribution in [0.25, 0.3) is 0 Å². The molecule has 0 aromatic heterocycles. The lowest BCUT2D eigenvalue weighted by atomic mass is 9.90. The summed E-state index contributed by atoms with van der Waals surface area (Å²) < 4.78 is 0. The minimum Gasteiger partial charge on any atom is -0.292 e. The highest BCUT2D eigenvalue weighted by Gasteiger charge is 2.63. The summed E-state index contributed by atoms with van der Waals surface area (Å²) in [6.07, 6.45) is -2.11. The summed E-state index contributed by atoms with van der Waals surface area (Å²) in [6, 6.07) is 37.7. The summed E-state index contributed by atoms with van der Waals surface area (Å²) in [5.74, 6) is -5.76. The number of hydroxylamine groups is 2. The molecule has 6 aromatic carbocycles. The highest BCUT2D eigenvalue weighted by atomic mass is 35.5. The molecule has 12 nitrogen and oxygen atoms in total. The van der Waals surface area contributed by atoms with Crippen LogP contribution in [0.3, 0.4) is 0 Å². The van der Waals surface area contributed by atoms with Gasteiger partial charge >= 0.3 is 0 Å². The first-order valence-corrected chi connectivity index (χ1v) is 21.8. The number of carbonyl (C=O) groups excluding carboxylic acids is 6. The number of anilines is 4. The van der Waals surface area contributed by atoms with Crippen molar-refractivity contribution in [2.45, 2.75) is 30.7 Å². The summed E-state index contributed by atoms with van der Waals surface area (Å²) in [5.41, 5.74) is 3.51. The number of hydrogen-bond donors (Lipinski definition) is 0. The topological polar surface area (TPSA) is 134 Å². The van der Waals surface area contributed by atoms with Gasteiger partial charge in [-0.1, -0.05) is 107 Å². The van der Waals surface area contributed by atoms with Gasteiger partial charge < -0.3 is 0 Å². The maximum atomic E-state index is 14.2. The lowest BCUT2D eigenvalue weighted by Crippen LogP contribution is -2.45. The Morgan fingerprint density at radius 2 is 0.815 bits per heavy atom. The largest absolute Gasteiger partial charge is 0.292 e. The standard InChI is InChI=1S/C49H32Cl4N4O8/c50-28-15-21-34(36(52)24-28)42(58)40-38-44(64-56(40)32-7-3-1-4-8-32)48(62)54(46(38)60)30-17-11-26(12-18-30)23-27-13-19-31(20-14-27)55-47(61)39-41(43(59)35-22-16-29(51)25-37(35)53)57(65-45(39)49(55)63)33-9-5-2-6-10-33/h1-22,24-25,38-41,44-45H,23H2/t38-,39+,40?,41?,44+,45-. The summed E-state index contributed by atoms with van der Waals surface area (Å²) in [5, 5.41) is 3.50. The number of benzene rings is 6. The monoisotopic (exact) mass is 944 g/mol. The summed E-state index contributed by atoms with van der Waals surface area (Å²) in [7, 11) is 0. The third-order valence-corrected chi connectivity index (χ3v) is 13.1. The number of amides is 4. The molecule has 0 N–H and O–H groups in total. The molecule has 6 atom stereocenters. The molecule has 4 heterocycles. The van der Waals surface area contributed by atoms with E-state index in [0.29, 0.717) is 39.2 Å². The van der Waals surface area contributed by atoms with Crippen molar-refractivity contribution in [2.75, 3.05) is 19.9 Å². The maximum absolute atomic E-state index is 14.2. The van der Waals surface area contributed by atoms with Crippen LogP contribution in [0.5, 0.6) is 0 Å². The van der Waals surface area contributed by atoms with Crippen molar-refractivity contribution in [1.29, 1.82) is 0 Å². The Kier molecular flexibility index (Phi) is 11.1. The summed E-state index contributed by atoms with van der Waals surface area (Å²) >= 11 is 25.1. The second-order valence-corrected chi connectivity index (χ2v) is 17.5. The molecular formula is C49H32Cl4N4O8. The highest BCUT2D eigenvalue weighted by Crippen LogP contribution is 2.44. The zero-order valence-corrected chi connectivity index (χ0v) is 36.6.